The molecule has 21 nitrogen and oxygen atoms in total. The molecule has 0 spiro atoms. The first kappa shape index (κ1) is 68.1. The van der Waals surface area contributed by atoms with Gasteiger partial charge >= 0.3 is 0 Å². The number of carbonyl (C=O) groups is 4. The van der Waals surface area contributed by atoms with Gasteiger partial charge in [0, 0.05) is 38.8 Å². The second-order valence-electron chi connectivity index (χ2n) is 21.1. The number of hydrogen-bond acceptors (Lipinski definition) is 17. The van der Waals surface area contributed by atoms with Gasteiger partial charge in [-0.15, -0.1) is 0 Å². The number of nitrogens with one attached hydrogen (secondary N) is 3. The maximum absolute atomic E-state index is 15.1. The predicted molar refractivity (Wildman–Crippen MR) is 342 cm³/mol. The Morgan fingerprint density at radius 3 is 1.03 bits per heavy atom. The van der Waals surface area contributed by atoms with Crippen LogP contribution in [0.1, 0.15) is 24.0 Å². The molecule has 0 aromatic heterocycles. The smallest absolute Gasteiger partial charge is 0.243 e. The van der Waals surface area contributed by atoms with E-state index in [2.05, 4.69) is 101 Å². The van der Waals surface area contributed by atoms with Gasteiger partial charge in [0.1, 0.15) is 12.1 Å². The van der Waals surface area contributed by atoms with Gasteiger partial charge in [-0.2, -0.15) is 0 Å². The van der Waals surface area contributed by atoms with E-state index < -0.39 is 29.8 Å². The molecule has 89 heavy (non-hydrogen) atoms. The number of rotatable bonds is 49. The molecule has 0 aliphatic rings. The Morgan fingerprint density at radius 1 is 0.337 bits per heavy atom. The molecule has 0 bridgehead atoms. The summed E-state index contributed by atoms with van der Waals surface area (Å²) in [5, 5.41) is 22.2. The largest absolute Gasteiger partial charge is 0.379 e. The van der Waals surface area contributed by atoms with Gasteiger partial charge in [0.25, 0.3) is 0 Å². The first-order valence-corrected chi connectivity index (χ1v) is 30.9. The molecule has 8 aromatic carbocycles. The molecule has 480 valence electrons. The van der Waals surface area contributed by atoms with Crippen LogP contribution in [0.15, 0.2) is 109 Å². The zero-order valence-corrected chi connectivity index (χ0v) is 50.9. The maximum Gasteiger partial charge on any atom is 0.243 e. The van der Waals surface area contributed by atoms with Gasteiger partial charge in [0.15, 0.2) is 0 Å². The third-order valence-electron chi connectivity index (χ3n) is 14.9. The van der Waals surface area contributed by atoms with Gasteiger partial charge in [-0.25, -0.2) is 0 Å². The Kier molecular flexibility index (Phi) is 29.6. The number of hydrogen-bond donors (Lipinski definition) is 5. The van der Waals surface area contributed by atoms with Gasteiger partial charge in [0.2, 0.25) is 23.6 Å². The monoisotopic (exact) mass is 1230 g/mol. The zero-order chi connectivity index (χ0) is 62.1. The van der Waals surface area contributed by atoms with E-state index in [-0.39, 0.29) is 64.6 Å². The van der Waals surface area contributed by atoms with E-state index in [1.54, 1.807) is 0 Å². The van der Waals surface area contributed by atoms with Crippen molar-refractivity contribution in [3.8, 4) is 0 Å². The third kappa shape index (κ3) is 22.0. The number of ether oxygens (including phenoxy) is 12. The van der Waals surface area contributed by atoms with Crippen molar-refractivity contribution < 1.29 is 76.0 Å². The molecule has 0 fully saturated rings. The zero-order valence-electron chi connectivity index (χ0n) is 50.9. The summed E-state index contributed by atoms with van der Waals surface area (Å²) in [7, 11) is 0. The summed E-state index contributed by atoms with van der Waals surface area (Å²) in [5.74, 6) is -1.69. The lowest BCUT2D eigenvalue weighted by atomic mass is 9.89. The van der Waals surface area contributed by atoms with Crippen LogP contribution in [0.2, 0.25) is 0 Å². The highest BCUT2D eigenvalue weighted by Gasteiger charge is 2.29. The van der Waals surface area contributed by atoms with Gasteiger partial charge in [-0.3, -0.25) is 19.2 Å². The molecule has 0 aliphatic carbocycles. The average Bonchev–Trinajstić information content (AvgIpc) is 0.900. The van der Waals surface area contributed by atoms with E-state index >= 15 is 4.79 Å². The Balaban J connectivity index is 0.841. The standard InChI is InChI=1S/C68H87N5O16/c69-21-25-80-29-33-84-37-41-88-45-43-87-40-36-83-32-28-79-24-20-62(75)72-60(48-56-14-12-54-10-8-50-4-2-6-52-16-18-58(56)66(54)64(50)52)68(77)73-59(47-55-13-11-53-9-7-49-3-1-5-51-15-17-57(55)65(53)63(49)51)67(76)71-22-26-81-30-34-85-38-42-89-46-44-86-39-35-82-31-27-78-23-19-61(70)74/h1-18,59-60H,19-48,69H2,(H2,70,74)(H,71,76)(H,72,75)(H,73,77)/t59-,60-/m1/s1. The van der Waals surface area contributed by atoms with Crippen molar-refractivity contribution in [3.05, 3.63) is 120 Å². The number of amides is 4. The third-order valence-corrected chi connectivity index (χ3v) is 14.9. The first-order valence-electron chi connectivity index (χ1n) is 30.9. The Bertz CT molecular complexity index is 3360. The van der Waals surface area contributed by atoms with E-state index in [9.17, 15) is 14.4 Å². The van der Waals surface area contributed by atoms with E-state index in [1.807, 2.05) is 24.3 Å². The summed E-state index contributed by atoms with van der Waals surface area (Å²) in [4.78, 5) is 54.3. The Morgan fingerprint density at radius 2 is 0.652 bits per heavy atom. The van der Waals surface area contributed by atoms with Crippen molar-refractivity contribution in [3.63, 3.8) is 0 Å². The highest BCUT2D eigenvalue weighted by Crippen LogP contribution is 2.38. The second-order valence-corrected chi connectivity index (χ2v) is 21.1. The minimum absolute atomic E-state index is 0.0154. The van der Waals surface area contributed by atoms with Crippen LogP contribution in [-0.2, 0) is 88.9 Å². The molecule has 21 heteroatoms. The number of primary amides is 1. The molecule has 8 rings (SSSR count). The van der Waals surface area contributed by atoms with E-state index in [0.717, 1.165) is 75.8 Å². The summed E-state index contributed by atoms with van der Waals surface area (Å²) < 4.78 is 66.6. The molecule has 0 unspecified atom stereocenters. The first-order chi connectivity index (χ1) is 43.8. The molecule has 0 aliphatic heterocycles. The molecule has 0 saturated carbocycles. The predicted octanol–water partition coefficient (Wildman–Crippen LogP) is 5.78. The molecule has 7 N–H and O–H groups in total. The fraction of sp³-hybridized carbons (Fsp3) is 0.471. The van der Waals surface area contributed by atoms with Gasteiger partial charge in [-0.1, -0.05) is 109 Å². The quantitative estimate of drug-likeness (QED) is 0.0224. The fourth-order valence-electron chi connectivity index (χ4n) is 10.5. The highest BCUT2D eigenvalue weighted by molar-refractivity contribution is 6.24. The summed E-state index contributed by atoms with van der Waals surface area (Å²) in [6, 6.07) is 35.4. The molecular weight excluding hydrogens is 1140 g/mol. The van der Waals surface area contributed by atoms with Crippen molar-refractivity contribution in [2.75, 3.05) is 172 Å². The lowest BCUT2D eigenvalue weighted by molar-refractivity contribution is -0.132. The van der Waals surface area contributed by atoms with Crippen LogP contribution in [0.25, 0.3) is 64.6 Å². The topological polar surface area (TPSA) is 267 Å². The van der Waals surface area contributed by atoms with Crippen molar-refractivity contribution in [1.82, 2.24) is 16.0 Å². The van der Waals surface area contributed by atoms with Gasteiger partial charge in [0.05, 0.1) is 159 Å². The Hall–Kier alpha value is -6.80. The van der Waals surface area contributed by atoms with Crippen LogP contribution < -0.4 is 27.4 Å². The number of carbonyl (C=O) groups excluding carboxylic acids is 4. The minimum atomic E-state index is -1.07. The molecule has 0 heterocycles. The lowest BCUT2D eigenvalue weighted by Crippen LogP contribution is -2.55. The van der Waals surface area contributed by atoms with Crippen molar-refractivity contribution in [1.29, 1.82) is 0 Å². The maximum atomic E-state index is 15.1. The number of nitrogens with two attached hydrogens (primary N) is 2. The van der Waals surface area contributed by atoms with Gasteiger partial charge in [-0.05, 0) is 75.8 Å². The van der Waals surface area contributed by atoms with Crippen molar-refractivity contribution in [2.45, 2.75) is 37.8 Å². The van der Waals surface area contributed by atoms with E-state index in [0.29, 0.717) is 139 Å². The normalized spacial score (nSPS) is 12.6. The summed E-state index contributed by atoms with van der Waals surface area (Å²) in [6.45, 7) is 9.64. The van der Waals surface area contributed by atoms with Crippen LogP contribution in [0.3, 0.4) is 0 Å². The van der Waals surface area contributed by atoms with Crippen molar-refractivity contribution >= 4 is 88.3 Å². The number of benzene rings is 8. The summed E-state index contributed by atoms with van der Waals surface area (Å²) >= 11 is 0. The average molecular weight is 1230 g/mol. The molecule has 8 aromatic rings. The van der Waals surface area contributed by atoms with E-state index in [4.69, 9.17) is 68.3 Å². The van der Waals surface area contributed by atoms with Crippen LogP contribution in [0.5, 0.6) is 0 Å². The van der Waals surface area contributed by atoms with Crippen LogP contribution >= 0.6 is 0 Å². The molecule has 2 atom stereocenters. The highest BCUT2D eigenvalue weighted by atomic mass is 16.6. The van der Waals surface area contributed by atoms with Crippen molar-refractivity contribution in [2.24, 2.45) is 11.5 Å². The van der Waals surface area contributed by atoms with Gasteiger partial charge < -0.3 is 84.3 Å². The molecule has 4 amide bonds. The Labute approximate surface area is 519 Å². The molecule has 0 radical (unpaired) electrons. The molecule has 0 saturated heterocycles. The lowest BCUT2D eigenvalue weighted by Gasteiger charge is -2.25. The molecular formula is C68H87N5O16. The van der Waals surface area contributed by atoms with Crippen LogP contribution in [0, 0.1) is 0 Å². The minimum Gasteiger partial charge on any atom is -0.379 e. The summed E-state index contributed by atoms with van der Waals surface area (Å²) in [6.07, 6.45) is 0.484. The van der Waals surface area contributed by atoms with Crippen LogP contribution in [-0.4, -0.2) is 207 Å². The van der Waals surface area contributed by atoms with E-state index in [1.165, 1.54) is 0 Å². The van der Waals surface area contributed by atoms with Crippen LogP contribution in [0.4, 0.5) is 0 Å². The second kappa shape index (κ2) is 38.7. The fourth-order valence-corrected chi connectivity index (χ4v) is 10.5. The SMILES string of the molecule is NCCOCCOCCOCCOCCOCCOCCC(=O)N[C@H](Cc1ccc2ccc3cccc4ccc1c2c34)C(=O)N[C@H](Cc1ccc2ccc3cccc4ccc1c2c34)C(=O)NCCOCCOCCOCCOCCOCCOCCC(N)=O. The summed E-state index contributed by atoms with van der Waals surface area (Å²) in [5.41, 5.74) is 12.3.